The van der Waals surface area contributed by atoms with Crippen LogP contribution in [-0.2, 0) is 0 Å². The molecule has 1 aromatic heterocycles. The number of halogens is 1. The molecule has 0 atom stereocenters. The van der Waals surface area contributed by atoms with Gasteiger partial charge >= 0.3 is 0 Å². The Morgan fingerprint density at radius 3 is 2.62 bits per heavy atom. The van der Waals surface area contributed by atoms with Gasteiger partial charge in [-0.1, -0.05) is 11.6 Å². The van der Waals surface area contributed by atoms with Crippen LogP contribution in [-0.4, -0.2) is 19.2 Å². The number of hydrogen-bond acceptors (Lipinski definition) is 4. The van der Waals surface area contributed by atoms with Gasteiger partial charge in [0, 0.05) is 5.56 Å². The van der Waals surface area contributed by atoms with E-state index in [0.717, 1.165) is 16.3 Å². The largest absolute Gasteiger partial charge is 0.497 e. The molecule has 0 fully saturated rings. The van der Waals surface area contributed by atoms with Gasteiger partial charge in [0.05, 0.1) is 24.6 Å². The Morgan fingerprint density at radius 2 is 2.06 bits per heavy atom. The molecule has 0 aliphatic carbocycles. The van der Waals surface area contributed by atoms with E-state index in [4.69, 9.17) is 21.1 Å². The van der Waals surface area contributed by atoms with Gasteiger partial charge in [0.15, 0.2) is 0 Å². The number of hydrogen-bond donors (Lipinski definition) is 0. The second kappa shape index (κ2) is 4.72. The molecule has 2 rings (SSSR count). The number of nitrogens with zero attached hydrogens (tertiary/aromatic N) is 1. The molecule has 3 nitrogen and oxygen atoms in total. The summed E-state index contributed by atoms with van der Waals surface area (Å²) in [5.41, 5.74) is 0.885. The quantitative estimate of drug-likeness (QED) is 0.841. The minimum atomic E-state index is 0.604. The highest BCUT2D eigenvalue weighted by molar-refractivity contribution is 7.13. The van der Waals surface area contributed by atoms with Gasteiger partial charge in [0.2, 0.25) is 5.88 Å². The summed E-state index contributed by atoms with van der Waals surface area (Å²) in [7, 11) is 3.20. The fourth-order valence-corrected chi connectivity index (χ4v) is 2.40. The van der Waals surface area contributed by atoms with Crippen molar-refractivity contribution in [3.05, 3.63) is 28.6 Å². The third-order valence-corrected chi connectivity index (χ3v) is 3.27. The third-order valence-electron chi connectivity index (χ3n) is 2.10. The van der Waals surface area contributed by atoms with Crippen molar-refractivity contribution in [2.75, 3.05) is 14.2 Å². The first-order valence-corrected chi connectivity index (χ1v) is 5.84. The van der Waals surface area contributed by atoms with Gasteiger partial charge in [-0.15, -0.1) is 11.3 Å². The molecule has 0 saturated heterocycles. The van der Waals surface area contributed by atoms with Crippen LogP contribution in [0.1, 0.15) is 0 Å². The van der Waals surface area contributed by atoms with Gasteiger partial charge in [-0.05, 0) is 18.2 Å². The van der Waals surface area contributed by atoms with Crippen LogP contribution in [0.25, 0.3) is 10.6 Å². The number of aromatic nitrogens is 1. The van der Waals surface area contributed by atoms with Crippen LogP contribution < -0.4 is 9.47 Å². The second-order valence-electron chi connectivity index (χ2n) is 3.04. The highest BCUT2D eigenvalue weighted by atomic mass is 35.5. The van der Waals surface area contributed by atoms with E-state index < -0.39 is 0 Å². The Labute approximate surface area is 103 Å². The van der Waals surface area contributed by atoms with Crippen LogP contribution in [0.5, 0.6) is 11.6 Å². The zero-order valence-electron chi connectivity index (χ0n) is 8.86. The smallest absolute Gasteiger partial charge is 0.224 e. The lowest BCUT2D eigenvalue weighted by Gasteiger charge is -2.03. The number of ether oxygens (including phenoxy) is 2. The Bertz CT molecular complexity index is 498. The van der Waals surface area contributed by atoms with Gasteiger partial charge in [0.25, 0.3) is 0 Å². The number of rotatable bonds is 3. The van der Waals surface area contributed by atoms with Crippen molar-refractivity contribution in [1.29, 1.82) is 0 Å². The van der Waals surface area contributed by atoms with E-state index in [1.807, 2.05) is 17.5 Å². The van der Waals surface area contributed by atoms with Crippen molar-refractivity contribution in [3.8, 4) is 22.2 Å². The molecular formula is C11H10ClNO2S. The van der Waals surface area contributed by atoms with Crippen LogP contribution in [0.2, 0.25) is 5.02 Å². The van der Waals surface area contributed by atoms with E-state index in [1.54, 1.807) is 20.3 Å². The average Bonchev–Trinajstić information content (AvgIpc) is 2.77. The van der Waals surface area contributed by atoms with Crippen molar-refractivity contribution in [2.24, 2.45) is 0 Å². The lowest BCUT2D eigenvalue weighted by atomic mass is 10.2. The highest BCUT2D eigenvalue weighted by Crippen LogP contribution is 2.34. The summed E-state index contributed by atoms with van der Waals surface area (Å²) in [6.45, 7) is 0. The molecule has 0 saturated carbocycles. The fourth-order valence-electron chi connectivity index (χ4n) is 1.27. The molecule has 1 aromatic carbocycles. The van der Waals surface area contributed by atoms with E-state index in [2.05, 4.69) is 4.98 Å². The highest BCUT2D eigenvalue weighted by Gasteiger charge is 2.09. The Hall–Kier alpha value is -1.26. The predicted octanol–water partition coefficient (Wildman–Crippen LogP) is 3.48. The summed E-state index contributed by atoms with van der Waals surface area (Å²) in [6, 6.07) is 5.51. The maximum atomic E-state index is 6.14. The number of benzene rings is 1. The van der Waals surface area contributed by atoms with Gasteiger partial charge in [-0.25, -0.2) is 4.98 Å². The van der Waals surface area contributed by atoms with Gasteiger partial charge in [-0.3, -0.25) is 0 Å². The lowest BCUT2D eigenvalue weighted by molar-refractivity contribution is 0.401. The summed E-state index contributed by atoms with van der Waals surface area (Å²) < 4.78 is 10.1. The van der Waals surface area contributed by atoms with Gasteiger partial charge in [0.1, 0.15) is 10.8 Å². The van der Waals surface area contributed by atoms with Crippen LogP contribution >= 0.6 is 22.9 Å². The normalized spacial score (nSPS) is 10.2. The van der Waals surface area contributed by atoms with E-state index in [1.165, 1.54) is 11.3 Å². The molecule has 5 heteroatoms. The summed E-state index contributed by atoms with van der Waals surface area (Å²) in [6.07, 6.45) is 0. The molecule has 84 valence electrons. The standard InChI is InChI=1S/C11H10ClNO2S/c1-14-7-3-4-8(9(12)5-7)11-13-10(15-2)6-16-11/h3-6H,1-2H3. The third kappa shape index (κ3) is 2.13. The van der Waals surface area contributed by atoms with Crippen LogP contribution in [0, 0.1) is 0 Å². The lowest BCUT2D eigenvalue weighted by Crippen LogP contribution is -1.85. The monoisotopic (exact) mass is 255 g/mol. The Balaban J connectivity index is 2.40. The summed E-state index contributed by atoms with van der Waals surface area (Å²) in [5.74, 6) is 1.34. The predicted molar refractivity (Wildman–Crippen MR) is 65.7 cm³/mol. The first-order valence-electron chi connectivity index (χ1n) is 4.58. The number of methoxy groups -OCH3 is 2. The van der Waals surface area contributed by atoms with Crippen molar-refractivity contribution in [3.63, 3.8) is 0 Å². The maximum Gasteiger partial charge on any atom is 0.224 e. The van der Waals surface area contributed by atoms with E-state index in [-0.39, 0.29) is 0 Å². The molecule has 0 bridgehead atoms. The van der Waals surface area contributed by atoms with Crippen LogP contribution in [0.4, 0.5) is 0 Å². The summed E-state index contributed by atoms with van der Waals surface area (Å²) in [4.78, 5) is 4.29. The maximum absolute atomic E-state index is 6.14. The second-order valence-corrected chi connectivity index (χ2v) is 4.31. The van der Waals surface area contributed by atoms with E-state index >= 15 is 0 Å². The van der Waals surface area contributed by atoms with Crippen molar-refractivity contribution < 1.29 is 9.47 Å². The molecule has 0 aliphatic rings. The van der Waals surface area contributed by atoms with Crippen LogP contribution in [0.15, 0.2) is 23.6 Å². The molecule has 0 aliphatic heterocycles. The fraction of sp³-hybridized carbons (Fsp3) is 0.182. The zero-order chi connectivity index (χ0) is 11.5. The molecule has 0 N–H and O–H groups in total. The number of thiazole rings is 1. The van der Waals surface area contributed by atoms with E-state index in [0.29, 0.717) is 10.9 Å². The Morgan fingerprint density at radius 1 is 1.25 bits per heavy atom. The molecular weight excluding hydrogens is 246 g/mol. The van der Waals surface area contributed by atoms with Crippen molar-refractivity contribution in [2.45, 2.75) is 0 Å². The molecule has 0 amide bonds. The molecule has 0 radical (unpaired) electrons. The Kier molecular flexibility index (Phi) is 3.31. The SMILES string of the molecule is COc1ccc(-c2nc(OC)cs2)c(Cl)c1. The summed E-state index contributed by atoms with van der Waals surface area (Å²) in [5, 5.41) is 3.30. The molecule has 0 spiro atoms. The van der Waals surface area contributed by atoms with Gasteiger partial charge < -0.3 is 9.47 Å². The first-order chi connectivity index (χ1) is 7.74. The van der Waals surface area contributed by atoms with Crippen LogP contribution in [0.3, 0.4) is 0 Å². The average molecular weight is 256 g/mol. The van der Waals surface area contributed by atoms with Crippen molar-refractivity contribution >= 4 is 22.9 Å². The molecule has 0 unspecified atom stereocenters. The minimum Gasteiger partial charge on any atom is -0.497 e. The molecule has 1 heterocycles. The van der Waals surface area contributed by atoms with Gasteiger partial charge in [-0.2, -0.15) is 0 Å². The first kappa shape index (κ1) is 11.2. The minimum absolute atomic E-state index is 0.604. The zero-order valence-corrected chi connectivity index (χ0v) is 10.4. The topological polar surface area (TPSA) is 31.4 Å². The summed E-state index contributed by atoms with van der Waals surface area (Å²) >= 11 is 7.63. The van der Waals surface area contributed by atoms with E-state index in [9.17, 15) is 0 Å². The van der Waals surface area contributed by atoms with Crippen molar-refractivity contribution in [1.82, 2.24) is 4.98 Å². The molecule has 2 aromatic rings. The molecule has 16 heavy (non-hydrogen) atoms.